The zero-order valence-electron chi connectivity index (χ0n) is 10.3. The lowest BCUT2D eigenvalue weighted by molar-refractivity contribution is -0.137. The first-order valence-electron chi connectivity index (χ1n) is 5.83. The third kappa shape index (κ3) is 2.70. The summed E-state index contributed by atoms with van der Waals surface area (Å²) in [6.45, 7) is 0. The Kier molecular flexibility index (Phi) is 3.87. The minimum absolute atomic E-state index is 0.0741. The fourth-order valence-corrected chi connectivity index (χ4v) is 2.51. The first-order valence-corrected chi connectivity index (χ1v) is 6.21. The van der Waals surface area contributed by atoms with Gasteiger partial charge < -0.3 is 0 Å². The highest BCUT2D eigenvalue weighted by molar-refractivity contribution is 6.31. The number of halogens is 4. The molecular formula is C14H10ClF3N2. The maximum Gasteiger partial charge on any atom is 0.417 e. The highest BCUT2D eigenvalue weighted by Crippen LogP contribution is 2.40. The van der Waals surface area contributed by atoms with Crippen LogP contribution < -0.4 is 0 Å². The van der Waals surface area contributed by atoms with Crippen LogP contribution in [0.4, 0.5) is 13.2 Å². The van der Waals surface area contributed by atoms with Gasteiger partial charge >= 0.3 is 6.18 Å². The molecule has 2 nitrogen and oxygen atoms in total. The fourth-order valence-electron chi connectivity index (χ4n) is 2.16. The molecule has 20 heavy (non-hydrogen) atoms. The van der Waals surface area contributed by atoms with Crippen molar-refractivity contribution in [3.05, 3.63) is 52.8 Å². The standard InChI is InChI=1S/C14H10ClF3N2/c15-11-8-10(14(16,17)18)9-20-12(11)13(6-7-19)4-2-1-3-5-13/h1-4,8-9H,5-6H2. The number of pyridine rings is 1. The van der Waals surface area contributed by atoms with Crippen molar-refractivity contribution in [1.29, 1.82) is 5.26 Å². The van der Waals surface area contributed by atoms with E-state index in [-0.39, 0.29) is 11.4 Å². The van der Waals surface area contributed by atoms with Crippen LogP contribution >= 0.6 is 11.6 Å². The zero-order chi connectivity index (χ0) is 14.8. The number of aromatic nitrogens is 1. The Morgan fingerprint density at radius 1 is 1.40 bits per heavy atom. The molecule has 1 heterocycles. The Morgan fingerprint density at radius 3 is 2.65 bits per heavy atom. The van der Waals surface area contributed by atoms with Crippen LogP contribution in [0.1, 0.15) is 24.1 Å². The summed E-state index contributed by atoms with van der Waals surface area (Å²) >= 11 is 5.96. The van der Waals surface area contributed by atoms with Crippen molar-refractivity contribution in [3.63, 3.8) is 0 Å². The average Bonchev–Trinajstić information content (AvgIpc) is 2.39. The molecule has 1 unspecified atom stereocenters. The zero-order valence-corrected chi connectivity index (χ0v) is 11.0. The van der Waals surface area contributed by atoms with Crippen LogP contribution in [-0.4, -0.2) is 4.98 Å². The van der Waals surface area contributed by atoms with Gasteiger partial charge in [-0.15, -0.1) is 0 Å². The van der Waals surface area contributed by atoms with E-state index in [9.17, 15) is 13.2 Å². The van der Waals surface area contributed by atoms with Gasteiger partial charge in [0.2, 0.25) is 0 Å². The van der Waals surface area contributed by atoms with E-state index in [0.29, 0.717) is 12.1 Å². The SMILES string of the molecule is N#CCC1(c2ncc(C(F)(F)F)cc2Cl)C=CC=CC1. The Balaban J connectivity index is 2.49. The molecule has 0 N–H and O–H groups in total. The quantitative estimate of drug-likeness (QED) is 0.810. The smallest absolute Gasteiger partial charge is 0.258 e. The van der Waals surface area contributed by atoms with Gasteiger partial charge in [0.05, 0.1) is 28.8 Å². The molecule has 1 aliphatic carbocycles. The van der Waals surface area contributed by atoms with Gasteiger partial charge in [0.25, 0.3) is 0 Å². The van der Waals surface area contributed by atoms with Gasteiger partial charge in [0, 0.05) is 11.6 Å². The maximum atomic E-state index is 12.6. The lowest BCUT2D eigenvalue weighted by atomic mass is 9.76. The first kappa shape index (κ1) is 14.6. The predicted octanol–water partition coefficient (Wildman–Crippen LogP) is 4.42. The molecule has 0 saturated heterocycles. The second-order valence-corrected chi connectivity index (χ2v) is 4.94. The van der Waals surface area contributed by atoms with Gasteiger partial charge in [-0.3, -0.25) is 4.98 Å². The van der Waals surface area contributed by atoms with E-state index in [1.807, 2.05) is 18.2 Å². The second kappa shape index (κ2) is 5.29. The molecule has 0 aromatic carbocycles. The van der Waals surface area contributed by atoms with Crippen LogP contribution in [0.3, 0.4) is 0 Å². The highest BCUT2D eigenvalue weighted by atomic mass is 35.5. The van der Waals surface area contributed by atoms with Crippen LogP contribution in [-0.2, 0) is 11.6 Å². The number of hydrogen-bond acceptors (Lipinski definition) is 2. The number of alkyl halides is 3. The van der Waals surface area contributed by atoms with E-state index in [1.165, 1.54) is 0 Å². The van der Waals surface area contributed by atoms with Crippen molar-refractivity contribution >= 4 is 11.6 Å². The van der Waals surface area contributed by atoms with Crippen molar-refractivity contribution in [2.45, 2.75) is 24.4 Å². The topological polar surface area (TPSA) is 36.7 Å². The number of hydrogen-bond donors (Lipinski definition) is 0. The van der Waals surface area contributed by atoms with E-state index in [0.717, 1.165) is 12.3 Å². The van der Waals surface area contributed by atoms with E-state index in [2.05, 4.69) is 4.98 Å². The predicted molar refractivity (Wildman–Crippen MR) is 69.1 cm³/mol. The van der Waals surface area contributed by atoms with Crippen molar-refractivity contribution in [1.82, 2.24) is 4.98 Å². The van der Waals surface area contributed by atoms with Crippen molar-refractivity contribution in [2.24, 2.45) is 0 Å². The molecule has 0 radical (unpaired) electrons. The van der Waals surface area contributed by atoms with Gasteiger partial charge in [-0.1, -0.05) is 35.9 Å². The Hall–Kier alpha value is -1.80. The van der Waals surface area contributed by atoms with Crippen LogP contribution in [0.2, 0.25) is 5.02 Å². The summed E-state index contributed by atoms with van der Waals surface area (Å²) in [5.41, 5.74) is -1.35. The number of allylic oxidation sites excluding steroid dienone is 4. The molecule has 1 aliphatic rings. The third-order valence-electron chi connectivity index (χ3n) is 3.18. The van der Waals surface area contributed by atoms with E-state index in [1.54, 1.807) is 12.2 Å². The van der Waals surface area contributed by atoms with E-state index >= 15 is 0 Å². The molecule has 6 heteroatoms. The molecule has 0 saturated carbocycles. The summed E-state index contributed by atoms with van der Waals surface area (Å²) in [4.78, 5) is 3.87. The summed E-state index contributed by atoms with van der Waals surface area (Å²) in [5, 5.41) is 8.89. The summed E-state index contributed by atoms with van der Waals surface area (Å²) in [5.74, 6) is 0. The van der Waals surface area contributed by atoms with Gasteiger partial charge in [-0.05, 0) is 12.5 Å². The molecule has 0 fully saturated rings. The van der Waals surface area contributed by atoms with Crippen LogP contribution in [0.15, 0.2) is 36.6 Å². The molecule has 2 rings (SSSR count). The molecule has 1 aromatic heterocycles. The maximum absolute atomic E-state index is 12.6. The third-order valence-corrected chi connectivity index (χ3v) is 3.47. The Morgan fingerprint density at radius 2 is 2.15 bits per heavy atom. The summed E-state index contributed by atoms with van der Waals surface area (Å²) in [7, 11) is 0. The fraction of sp³-hybridized carbons (Fsp3) is 0.286. The first-order chi connectivity index (χ1) is 9.39. The Labute approximate surface area is 119 Å². The molecule has 0 amide bonds. The van der Waals surface area contributed by atoms with Crippen molar-refractivity contribution in [3.8, 4) is 6.07 Å². The van der Waals surface area contributed by atoms with E-state index < -0.39 is 17.2 Å². The summed E-state index contributed by atoms with van der Waals surface area (Å²) in [6.07, 6.45) is 4.02. The number of nitrogens with zero attached hydrogens (tertiary/aromatic N) is 2. The molecule has 0 aliphatic heterocycles. The average molecular weight is 299 g/mol. The molecule has 1 aromatic rings. The van der Waals surface area contributed by atoms with Gasteiger partial charge in [-0.2, -0.15) is 18.4 Å². The van der Waals surface area contributed by atoms with E-state index in [4.69, 9.17) is 16.9 Å². The molecule has 1 atom stereocenters. The van der Waals surface area contributed by atoms with Gasteiger partial charge in [0.15, 0.2) is 0 Å². The number of rotatable bonds is 2. The minimum atomic E-state index is -4.49. The summed E-state index contributed by atoms with van der Waals surface area (Å²) < 4.78 is 37.8. The largest absolute Gasteiger partial charge is 0.417 e. The molecular weight excluding hydrogens is 289 g/mol. The van der Waals surface area contributed by atoms with Crippen LogP contribution in [0, 0.1) is 11.3 Å². The van der Waals surface area contributed by atoms with Crippen LogP contribution in [0.25, 0.3) is 0 Å². The highest BCUT2D eigenvalue weighted by Gasteiger charge is 2.36. The summed E-state index contributed by atoms with van der Waals surface area (Å²) in [6, 6.07) is 2.90. The van der Waals surface area contributed by atoms with Crippen LogP contribution in [0.5, 0.6) is 0 Å². The lowest BCUT2D eigenvalue weighted by Gasteiger charge is -2.29. The normalized spacial score (nSPS) is 21.8. The Bertz CT molecular complexity index is 614. The minimum Gasteiger partial charge on any atom is -0.258 e. The lowest BCUT2D eigenvalue weighted by Crippen LogP contribution is -2.26. The molecule has 0 spiro atoms. The van der Waals surface area contributed by atoms with Crippen molar-refractivity contribution in [2.75, 3.05) is 0 Å². The van der Waals surface area contributed by atoms with Crippen molar-refractivity contribution < 1.29 is 13.2 Å². The molecule has 0 bridgehead atoms. The van der Waals surface area contributed by atoms with Gasteiger partial charge in [-0.25, -0.2) is 0 Å². The number of nitriles is 1. The molecule has 104 valence electrons. The van der Waals surface area contributed by atoms with Gasteiger partial charge in [0.1, 0.15) is 0 Å². The second-order valence-electron chi connectivity index (χ2n) is 4.53. The monoisotopic (exact) mass is 298 g/mol.